The first kappa shape index (κ1) is 18.8. The van der Waals surface area contributed by atoms with E-state index in [0.717, 1.165) is 11.3 Å². The number of ether oxygens (including phenoxy) is 2. The second kappa shape index (κ2) is 8.05. The maximum atomic E-state index is 12.3. The normalized spacial score (nSPS) is 15.4. The fraction of sp³-hybridized carbons (Fsp3) is 0.474. The van der Waals surface area contributed by atoms with E-state index in [1.54, 1.807) is 29.1 Å². The Hall–Kier alpha value is -2.50. The highest BCUT2D eigenvalue weighted by molar-refractivity contribution is 5.92. The van der Waals surface area contributed by atoms with E-state index in [-0.39, 0.29) is 12.0 Å². The van der Waals surface area contributed by atoms with Crippen LogP contribution in [0.2, 0.25) is 0 Å². The molecule has 0 N–H and O–H groups in total. The maximum Gasteiger partial charge on any atom is 0.410 e. The molecule has 6 heteroatoms. The summed E-state index contributed by atoms with van der Waals surface area (Å²) in [5, 5.41) is 0. The van der Waals surface area contributed by atoms with Crippen molar-refractivity contribution in [2.24, 2.45) is 0 Å². The molecule has 0 saturated carbocycles. The molecule has 25 heavy (non-hydrogen) atoms. The lowest BCUT2D eigenvalue weighted by Gasteiger charge is -2.35. The monoisotopic (exact) mass is 346 g/mol. The topological polar surface area (TPSA) is 59.1 Å². The molecule has 0 atom stereocenters. The predicted octanol–water partition coefficient (Wildman–Crippen LogP) is 2.79. The summed E-state index contributed by atoms with van der Waals surface area (Å²) in [4.78, 5) is 27.7. The van der Waals surface area contributed by atoms with Crippen LogP contribution in [-0.4, -0.2) is 60.7 Å². The molecule has 1 saturated heterocycles. The van der Waals surface area contributed by atoms with Gasteiger partial charge in [0, 0.05) is 32.3 Å². The zero-order chi connectivity index (χ0) is 18.4. The van der Waals surface area contributed by atoms with Crippen LogP contribution < -0.4 is 4.74 Å². The van der Waals surface area contributed by atoms with E-state index in [1.165, 1.54) is 0 Å². The molecule has 0 radical (unpaired) electrons. The second-order valence-electron chi connectivity index (χ2n) is 6.90. The van der Waals surface area contributed by atoms with Crippen molar-refractivity contribution in [3.63, 3.8) is 0 Å². The van der Waals surface area contributed by atoms with Gasteiger partial charge >= 0.3 is 6.09 Å². The summed E-state index contributed by atoms with van der Waals surface area (Å²) in [5.41, 5.74) is 0.423. The number of methoxy groups -OCH3 is 1. The minimum Gasteiger partial charge on any atom is -0.497 e. The lowest BCUT2D eigenvalue weighted by atomic mass is 10.2. The Morgan fingerprint density at radius 2 is 1.56 bits per heavy atom. The number of amides is 2. The Kier molecular flexibility index (Phi) is 6.07. The molecular weight excluding hydrogens is 320 g/mol. The van der Waals surface area contributed by atoms with Crippen LogP contribution in [0.1, 0.15) is 26.3 Å². The summed E-state index contributed by atoms with van der Waals surface area (Å²) in [6.07, 6.45) is 3.01. The Morgan fingerprint density at radius 3 is 2.08 bits per heavy atom. The van der Waals surface area contributed by atoms with Crippen LogP contribution >= 0.6 is 0 Å². The highest BCUT2D eigenvalue weighted by atomic mass is 16.6. The third-order valence-electron chi connectivity index (χ3n) is 3.78. The van der Waals surface area contributed by atoms with Crippen LogP contribution in [0.3, 0.4) is 0 Å². The maximum absolute atomic E-state index is 12.3. The van der Waals surface area contributed by atoms with Gasteiger partial charge in [0.2, 0.25) is 5.91 Å². The number of carbonyl (C=O) groups is 2. The fourth-order valence-corrected chi connectivity index (χ4v) is 2.42. The number of nitrogens with zero attached hydrogens (tertiary/aromatic N) is 2. The molecule has 1 aromatic carbocycles. The summed E-state index contributed by atoms with van der Waals surface area (Å²) in [6, 6.07) is 7.49. The quantitative estimate of drug-likeness (QED) is 0.790. The van der Waals surface area contributed by atoms with Gasteiger partial charge in [-0.3, -0.25) is 4.79 Å². The van der Waals surface area contributed by atoms with Crippen LogP contribution in [0.4, 0.5) is 4.79 Å². The largest absolute Gasteiger partial charge is 0.497 e. The highest BCUT2D eigenvalue weighted by Gasteiger charge is 2.26. The zero-order valence-electron chi connectivity index (χ0n) is 15.3. The van der Waals surface area contributed by atoms with Gasteiger partial charge in [-0.15, -0.1) is 0 Å². The first-order valence-corrected chi connectivity index (χ1v) is 8.37. The van der Waals surface area contributed by atoms with Crippen LogP contribution in [0.5, 0.6) is 5.75 Å². The molecule has 0 spiro atoms. The van der Waals surface area contributed by atoms with Gasteiger partial charge in [-0.1, -0.05) is 12.1 Å². The third-order valence-corrected chi connectivity index (χ3v) is 3.78. The molecule has 0 bridgehead atoms. The van der Waals surface area contributed by atoms with Crippen molar-refractivity contribution < 1.29 is 19.1 Å². The minimum atomic E-state index is -0.509. The number of rotatable bonds is 3. The van der Waals surface area contributed by atoms with Gasteiger partial charge in [0.15, 0.2) is 0 Å². The van der Waals surface area contributed by atoms with Gasteiger partial charge in [-0.2, -0.15) is 0 Å². The van der Waals surface area contributed by atoms with E-state index in [2.05, 4.69) is 0 Å². The van der Waals surface area contributed by atoms with Crippen LogP contribution in [0.15, 0.2) is 30.3 Å². The van der Waals surface area contributed by atoms with E-state index in [9.17, 15) is 9.59 Å². The Bertz CT molecular complexity index is 624. The van der Waals surface area contributed by atoms with Gasteiger partial charge in [0.25, 0.3) is 0 Å². The molecule has 2 amide bonds. The first-order chi connectivity index (χ1) is 11.8. The van der Waals surface area contributed by atoms with E-state index in [4.69, 9.17) is 9.47 Å². The number of benzene rings is 1. The number of hydrogen-bond acceptors (Lipinski definition) is 4. The molecule has 1 heterocycles. The Balaban J connectivity index is 1.84. The second-order valence-corrected chi connectivity index (χ2v) is 6.90. The Labute approximate surface area is 149 Å². The lowest BCUT2D eigenvalue weighted by Crippen LogP contribution is -2.51. The van der Waals surface area contributed by atoms with E-state index < -0.39 is 5.60 Å². The van der Waals surface area contributed by atoms with Crippen LogP contribution in [-0.2, 0) is 9.53 Å². The smallest absolute Gasteiger partial charge is 0.410 e. The van der Waals surface area contributed by atoms with Crippen LogP contribution in [0.25, 0.3) is 6.08 Å². The summed E-state index contributed by atoms with van der Waals surface area (Å²) < 4.78 is 10.5. The third kappa shape index (κ3) is 5.81. The molecule has 6 nitrogen and oxygen atoms in total. The molecule has 0 aromatic heterocycles. The van der Waals surface area contributed by atoms with E-state index in [1.807, 2.05) is 45.0 Å². The minimum absolute atomic E-state index is 0.0559. The Morgan fingerprint density at radius 1 is 1.00 bits per heavy atom. The van der Waals surface area contributed by atoms with Gasteiger partial charge in [0.05, 0.1) is 7.11 Å². The van der Waals surface area contributed by atoms with Crippen molar-refractivity contribution in [1.29, 1.82) is 0 Å². The number of piperazine rings is 1. The highest BCUT2D eigenvalue weighted by Crippen LogP contribution is 2.14. The average Bonchev–Trinajstić information content (AvgIpc) is 2.58. The molecule has 0 aliphatic carbocycles. The zero-order valence-corrected chi connectivity index (χ0v) is 15.3. The molecule has 1 fully saturated rings. The molecule has 2 rings (SSSR count). The number of hydrogen-bond donors (Lipinski definition) is 0. The SMILES string of the molecule is COc1ccc(/C=C/C(=O)N2CCN(C(=O)OC(C)(C)C)CC2)cc1. The van der Waals surface area contributed by atoms with E-state index in [0.29, 0.717) is 26.2 Å². The van der Waals surface area contributed by atoms with Gasteiger partial charge < -0.3 is 19.3 Å². The van der Waals surface area contributed by atoms with Gasteiger partial charge in [-0.25, -0.2) is 4.79 Å². The first-order valence-electron chi connectivity index (χ1n) is 8.37. The van der Waals surface area contributed by atoms with Crippen molar-refractivity contribution in [3.8, 4) is 5.75 Å². The van der Waals surface area contributed by atoms with Gasteiger partial charge in [-0.05, 0) is 44.5 Å². The average molecular weight is 346 g/mol. The lowest BCUT2D eigenvalue weighted by molar-refractivity contribution is -0.127. The van der Waals surface area contributed by atoms with Crippen LogP contribution in [0, 0.1) is 0 Å². The van der Waals surface area contributed by atoms with Crippen molar-refractivity contribution in [2.75, 3.05) is 33.3 Å². The molecule has 0 unspecified atom stereocenters. The molecule has 1 aliphatic rings. The fourth-order valence-electron chi connectivity index (χ4n) is 2.42. The van der Waals surface area contributed by atoms with Crippen molar-refractivity contribution in [1.82, 2.24) is 9.80 Å². The standard InChI is InChI=1S/C19H26N2O4/c1-19(2,3)25-18(23)21-13-11-20(12-14-21)17(22)10-7-15-5-8-16(24-4)9-6-15/h5-10H,11-14H2,1-4H3/b10-7+. The molecule has 1 aliphatic heterocycles. The van der Waals surface area contributed by atoms with Gasteiger partial charge in [0.1, 0.15) is 11.4 Å². The summed E-state index contributed by atoms with van der Waals surface area (Å²) in [5.74, 6) is 0.724. The number of carbonyl (C=O) groups excluding carboxylic acids is 2. The summed E-state index contributed by atoms with van der Waals surface area (Å²) in [7, 11) is 1.62. The summed E-state index contributed by atoms with van der Waals surface area (Å²) in [6.45, 7) is 7.50. The van der Waals surface area contributed by atoms with Crippen molar-refractivity contribution in [2.45, 2.75) is 26.4 Å². The molecule has 1 aromatic rings. The molecular formula is C19H26N2O4. The van der Waals surface area contributed by atoms with E-state index >= 15 is 0 Å². The van der Waals surface area contributed by atoms with Crippen molar-refractivity contribution in [3.05, 3.63) is 35.9 Å². The summed E-state index contributed by atoms with van der Waals surface area (Å²) >= 11 is 0. The van der Waals surface area contributed by atoms with Crippen molar-refractivity contribution >= 4 is 18.1 Å². The molecule has 136 valence electrons. The predicted molar refractivity (Wildman–Crippen MR) is 96.4 cm³/mol.